The second-order valence-corrected chi connectivity index (χ2v) is 10.0. The predicted octanol–water partition coefficient (Wildman–Crippen LogP) is 3.74. The smallest absolute Gasteiger partial charge is 0.306 e. The van der Waals surface area contributed by atoms with Crippen molar-refractivity contribution in [2.75, 3.05) is 27.2 Å². The Labute approximate surface area is 195 Å². The van der Waals surface area contributed by atoms with Gasteiger partial charge in [0.1, 0.15) is 29.8 Å². The number of non-ortho nitro benzene ring substituents is 1. The van der Waals surface area contributed by atoms with Crippen LogP contribution in [0.15, 0.2) is 59.5 Å². The van der Waals surface area contributed by atoms with Crippen LogP contribution in [0, 0.1) is 16.0 Å². The Kier molecular flexibility index (Phi) is 11.1. The van der Waals surface area contributed by atoms with Crippen molar-refractivity contribution in [1.82, 2.24) is 0 Å². The van der Waals surface area contributed by atoms with Crippen LogP contribution in [0.3, 0.4) is 0 Å². The van der Waals surface area contributed by atoms with Crippen LogP contribution in [0.4, 0.5) is 5.69 Å². The molecule has 0 unspecified atom stereocenters. The maximum atomic E-state index is 11.6. The minimum atomic E-state index is -4.61. The van der Waals surface area contributed by atoms with Crippen molar-refractivity contribution >= 4 is 21.8 Å². The van der Waals surface area contributed by atoms with Gasteiger partial charge in [0.25, 0.3) is 5.69 Å². The summed E-state index contributed by atoms with van der Waals surface area (Å²) in [5.41, 5.74) is 0.889. The van der Waals surface area contributed by atoms with Gasteiger partial charge < -0.3 is 13.8 Å². The minimum absolute atomic E-state index is 0.0709. The van der Waals surface area contributed by atoms with Gasteiger partial charge in [0.05, 0.1) is 23.9 Å². The Bertz CT molecular complexity index is 1010. The number of ether oxygens (including phenoxy) is 1. The van der Waals surface area contributed by atoms with E-state index < -0.39 is 25.6 Å². The average Bonchev–Trinajstić information content (AvgIpc) is 2.72. The summed E-state index contributed by atoms with van der Waals surface area (Å²) in [5.74, 6) is 0.478. The standard InChI is InChI=1S/C17H28NO2.C6H5NO5S/c1-15(2)10-11-17(19)20-13-12-18(3,4)14-16-8-6-5-7-9-16;8-7(9)5-2-1-3-6(4-5)13(10,11)12/h5-9,15H,10-14H2,1-4H3;1-4H,(H,10,11,12)/q+1;/p-1. The molecule has 0 N–H and O–H groups in total. The van der Waals surface area contributed by atoms with Crippen molar-refractivity contribution in [1.29, 1.82) is 0 Å². The Morgan fingerprint density at radius 1 is 1.09 bits per heavy atom. The number of nitrogens with zero attached hydrogens (tertiary/aromatic N) is 2. The van der Waals surface area contributed by atoms with Crippen LogP contribution in [0.25, 0.3) is 0 Å². The third-order valence-corrected chi connectivity index (χ3v) is 5.49. The van der Waals surface area contributed by atoms with Crippen LogP contribution in [-0.4, -0.2) is 55.6 Å². The molecule has 0 saturated carbocycles. The first kappa shape index (κ1) is 28.2. The van der Waals surface area contributed by atoms with Gasteiger partial charge in [-0.1, -0.05) is 50.2 Å². The number of quaternary nitrogens is 1. The first-order valence-electron chi connectivity index (χ1n) is 10.5. The Morgan fingerprint density at radius 2 is 1.73 bits per heavy atom. The fourth-order valence-corrected chi connectivity index (χ4v) is 3.30. The molecule has 0 aliphatic rings. The number of carbonyl (C=O) groups excluding carboxylic acids is 1. The van der Waals surface area contributed by atoms with Crippen molar-refractivity contribution < 1.29 is 31.9 Å². The lowest BCUT2D eigenvalue weighted by molar-refractivity contribution is -0.903. The van der Waals surface area contributed by atoms with Gasteiger partial charge in [-0.3, -0.25) is 14.9 Å². The number of benzene rings is 2. The minimum Gasteiger partial charge on any atom is -0.744 e. The van der Waals surface area contributed by atoms with Crippen LogP contribution in [-0.2, 0) is 26.2 Å². The fraction of sp³-hybridized carbons (Fsp3) is 0.435. The van der Waals surface area contributed by atoms with E-state index in [9.17, 15) is 27.9 Å². The molecule has 0 radical (unpaired) electrons. The molecule has 10 heteroatoms. The Morgan fingerprint density at radius 3 is 2.27 bits per heavy atom. The monoisotopic (exact) mass is 480 g/mol. The zero-order valence-electron chi connectivity index (χ0n) is 19.5. The molecule has 9 nitrogen and oxygen atoms in total. The second kappa shape index (κ2) is 13.0. The highest BCUT2D eigenvalue weighted by atomic mass is 32.2. The summed E-state index contributed by atoms with van der Waals surface area (Å²) >= 11 is 0. The van der Waals surface area contributed by atoms with E-state index in [2.05, 4.69) is 52.2 Å². The Hall–Kier alpha value is -2.82. The molecular formula is C23H32N2O7S. The lowest BCUT2D eigenvalue weighted by atomic mass is 10.1. The quantitative estimate of drug-likeness (QED) is 0.167. The second-order valence-electron chi connectivity index (χ2n) is 8.66. The van der Waals surface area contributed by atoms with Gasteiger partial charge in [-0.15, -0.1) is 0 Å². The van der Waals surface area contributed by atoms with Crippen molar-refractivity contribution in [3.8, 4) is 0 Å². The van der Waals surface area contributed by atoms with Crippen LogP contribution in [0.2, 0.25) is 0 Å². The summed E-state index contributed by atoms with van der Waals surface area (Å²) < 4.78 is 37.4. The van der Waals surface area contributed by atoms with E-state index in [4.69, 9.17) is 4.74 Å². The average molecular weight is 481 g/mol. The zero-order chi connectivity index (χ0) is 25.1. The highest BCUT2D eigenvalue weighted by Crippen LogP contribution is 2.16. The van der Waals surface area contributed by atoms with Crippen LogP contribution in [0.1, 0.15) is 32.3 Å². The first-order chi connectivity index (χ1) is 15.3. The summed E-state index contributed by atoms with van der Waals surface area (Å²) in [6.07, 6.45) is 1.44. The molecule has 2 aromatic rings. The lowest BCUT2D eigenvalue weighted by Gasteiger charge is -2.29. The summed E-state index contributed by atoms with van der Waals surface area (Å²) in [5, 5.41) is 10.2. The number of nitro benzene ring substituents is 1. The predicted molar refractivity (Wildman–Crippen MR) is 123 cm³/mol. The first-order valence-corrected chi connectivity index (χ1v) is 11.9. The van der Waals surface area contributed by atoms with Crippen molar-refractivity contribution in [3.05, 3.63) is 70.3 Å². The largest absolute Gasteiger partial charge is 0.744 e. The molecule has 0 bridgehead atoms. The lowest BCUT2D eigenvalue weighted by Crippen LogP contribution is -2.41. The third kappa shape index (κ3) is 12.1. The van der Waals surface area contributed by atoms with Gasteiger partial charge in [0.2, 0.25) is 0 Å². The molecule has 33 heavy (non-hydrogen) atoms. The van der Waals surface area contributed by atoms with Gasteiger partial charge in [-0.25, -0.2) is 8.42 Å². The van der Waals surface area contributed by atoms with E-state index in [0.29, 0.717) is 18.9 Å². The van der Waals surface area contributed by atoms with Gasteiger partial charge in [0, 0.05) is 24.1 Å². The summed E-state index contributed by atoms with van der Waals surface area (Å²) in [7, 11) is -0.290. The van der Waals surface area contributed by atoms with E-state index in [1.165, 1.54) is 5.56 Å². The molecule has 0 atom stereocenters. The summed E-state index contributed by atoms with van der Waals surface area (Å²) in [4.78, 5) is 20.4. The fourth-order valence-electron chi connectivity index (χ4n) is 2.79. The zero-order valence-corrected chi connectivity index (χ0v) is 20.3. The molecule has 0 amide bonds. The van der Waals surface area contributed by atoms with Gasteiger partial charge in [0.15, 0.2) is 0 Å². The molecule has 0 heterocycles. The number of hydrogen-bond donors (Lipinski definition) is 0. The van der Waals surface area contributed by atoms with E-state index in [-0.39, 0.29) is 5.97 Å². The number of hydrogen-bond acceptors (Lipinski definition) is 7. The van der Waals surface area contributed by atoms with E-state index >= 15 is 0 Å². The molecule has 2 rings (SSSR count). The summed E-state index contributed by atoms with van der Waals surface area (Å²) in [6, 6.07) is 14.4. The topological polar surface area (TPSA) is 127 Å². The van der Waals surface area contributed by atoms with Gasteiger partial charge in [-0.2, -0.15) is 0 Å². The SMILES string of the molecule is CC(C)CCC(=O)OCC[N+](C)(C)Cc1ccccc1.O=[N+]([O-])c1cccc(S(=O)(=O)[O-])c1. The molecule has 182 valence electrons. The third-order valence-electron chi connectivity index (χ3n) is 4.66. The van der Waals surface area contributed by atoms with Gasteiger partial charge in [-0.05, 0) is 18.4 Å². The van der Waals surface area contributed by atoms with Crippen molar-refractivity contribution in [2.24, 2.45) is 5.92 Å². The Balaban J connectivity index is 0.000000361. The van der Waals surface area contributed by atoms with Gasteiger partial charge >= 0.3 is 5.97 Å². The number of esters is 1. The molecule has 0 aromatic heterocycles. The number of rotatable bonds is 10. The van der Waals surface area contributed by atoms with Crippen LogP contribution >= 0.6 is 0 Å². The van der Waals surface area contributed by atoms with Crippen LogP contribution in [0.5, 0.6) is 0 Å². The highest BCUT2D eigenvalue weighted by Gasteiger charge is 2.16. The normalized spacial score (nSPS) is 11.5. The van der Waals surface area contributed by atoms with E-state index in [0.717, 1.165) is 48.3 Å². The van der Waals surface area contributed by atoms with E-state index in [1.54, 1.807) is 0 Å². The number of likely N-dealkylation sites (N-methyl/N-ethyl adjacent to an activating group) is 1. The molecule has 0 spiro atoms. The summed E-state index contributed by atoms with van der Waals surface area (Å²) in [6.45, 7) is 6.52. The molecule has 0 saturated heterocycles. The maximum absolute atomic E-state index is 11.6. The highest BCUT2D eigenvalue weighted by molar-refractivity contribution is 7.85. The van der Waals surface area contributed by atoms with Crippen molar-refractivity contribution in [2.45, 2.75) is 38.1 Å². The molecule has 0 aliphatic carbocycles. The number of nitro groups is 1. The maximum Gasteiger partial charge on any atom is 0.306 e. The molecule has 2 aromatic carbocycles. The van der Waals surface area contributed by atoms with Crippen molar-refractivity contribution in [3.63, 3.8) is 0 Å². The van der Waals surface area contributed by atoms with Crippen LogP contribution < -0.4 is 0 Å². The molecule has 0 fully saturated rings. The molecular weight excluding hydrogens is 448 g/mol. The molecule has 0 aliphatic heterocycles. The van der Waals surface area contributed by atoms with E-state index in [1.807, 2.05) is 6.07 Å². The number of carbonyl (C=O) groups is 1.